The van der Waals surface area contributed by atoms with Crippen LogP contribution in [0.15, 0.2) is 24.3 Å². The minimum Gasteiger partial charge on any atom is -0.368 e. The second-order valence-corrected chi connectivity index (χ2v) is 5.20. The largest absolute Gasteiger partial charge is 0.368 e. The molecule has 1 atom stereocenters. The quantitative estimate of drug-likeness (QED) is 0.826. The van der Waals surface area contributed by atoms with Crippen molar-refractivity contribution in [2.75, 3.05) is 0 Å². The van der Waals surface area contributed by atoms with Crippen molar-refractivity contribution in [1.29, 1.82) is 0 Å². The summed E-state index contributed by atoms with van der Waals surface area (Å²) in [4.78, 5) is 12.0. The highest BCUT2D eigenvalue weighted by atomic mass is 16.1. The molecule has 1 aromatic rings. The summed E-state index contributed by atoms with van der Waals surface area (Å²) in [5, 5.41) is 3.49. The molecule has 0 spiro atoms. The van der Waals surface area contributed by atoms with Crippen LogP contribution in [0, 0.1) is 0 Å². The summed E-state index contributed by atoms with van der Waals surface area (Å²) in [6.07, 6.45) is 5.24. The summed E-state index contributed by atoms with van der Waals surface area (Å²) in [7, 11) is 0. The molecule has 0 radical (unpaired) electrons. The third kappa shape index (κ3) is 1.75. The van der Waals surface area contributed by atoms with Crippen molar-refractivity contribution in [3.05, 3.63) is 35.4 Å². The van der Waals surface area contributed by atoms with E-state index in [9.17, 15) is 4.79 Å². The number of nitrogens with one attached hydrogen (secondary N) is 1. The van der Waals surface area contributed by atoms with E-state index >= 15 is 0 Å². The van der Waals surface area contributed by atoms with Crippen LogP contribution in [-0.4, -0.2) is 11.9 Å². The lowest BCUT2D eigenvalue weighted by molar-refractivity contribution is -0.125. The normalized spacial score (nSPS) is 27.5. The first-order valence-corrected chi connectivity index (χ1v) is 6.38. The van der Waals surface area contributed by atoms with Crippen molar-refractivity contribution in [3.63, 3.8) is 0 Å². The Hall–Kier alpha value is -1.35. The lowest BCUT2D eigenvalue weighted by atomic mass is 9.76. The smallest absolute Gasteiger partial charge is 0.242 e. The van der Waals surface area contributed by atoms with Crippen molar-refractivity contribution in [1.82, 2.24) is 5.32 Å². The van der Waals surface area contributed by atoms with Crippen LogP contribution >= 0.6 is 0 Å². The number of primary amides is 1. The summed E-state index contributed by atoms with van der Waals surface area (Å²) in [6.45, 7) is 0. The van der Waals surface area contributed by atoms with Gasteiger partial charge in [-0.15, -0.1) is 0 Å². The maximum Gasteiger partial charge on any atom is 0.242 e. The summed E-state index contributed by atoms with van der Waals surface area (Å²) in [5.41, 5.74) is 7.45. The van der Waals surface area contributed by atoms with Gasteiger partial charge in [-0.05, 0) is 43.2 Å². The Kier molecular flexibility index (Phi) is 2.44. The van der Waals surface area contributed by atoms with Crippen LogP contribution in [-0.2, 0) is 16.8 Å². The van der Waals surface area contributed by atoms with Gasteiger partial charge in [-0.3, -0.25) is 10.1 Å². The van der Waals surface area contributed by atoms with Crippen molar-refractivity contribution < 1.29 is 4.79 Å². The van der Waals surface area contributed by atoms with E-state index in [2.05, 4.69) is 17.4 Å². The average Bonchev–Trinajstić information content (AvgIpc) is 3.13. The van der Waals surface area contributed by atoms with Gasteiger partial charge in [0.05, 0.1) is 0 Å². The fraction of sp³-hybridized carbons (Fsp3) is 0.500. The number of carbonyl (C=O) groups is 1. The maximum absolute atomic E-state index is 12.0. The predicted molar refractivity (Wildman–Crippen MR) is 66.4 cm³/mol. The van der Waals surface area contributed by atoms with Crippen molar-refractivity contribution in [2.45, 2.75) is 43.7 Å². The van der Waals surface area contributed by atoms with E-state index in [1.54, 1.807) is 0 Å². The Labute approximate surface area is 101 Å². The van der Waals surface area contributed by atoms with Gasteiger partial charge in [0.15, 0.2) is 0 Å². The lowest BCUT2D eigenvalue weighted by Crippen LogP contribution is -2.55. The molecule has 0 aromatic heterocycles. The number of amides is 1. The van der Waals surface area contributed by atoms with Crippen LogP contribution < -0.4 is 11.1 Å². The van der Waals surface area contributed by atoms with E-state index in [1.165, 1.54) is 5.56 Å². The maximum atomic E-state index is 12.0. The molecule has 1 fully saturated rings. The second kappa shape index (κ2) is 3.84. The fourth-order valence-electron chi connectivity index (χ4n) is 2.89. The van der Waals surface area contributed by atoms with E-state index in [4.69, 9.17) is 5.73 Å². The number of benzene rings is 1. The number of nitrogens with two attached hydrogens (primary N) is 1. The lowest BCUT2D eigenvalue weighted by Gasteiger charge is -2.37. The van der Waals surface area contributed by atoms with Crippen molar-refractivity contribution >= 4 is 5.91 Å². The van der Waals surface area contributed by atoms with E-state index in [1.807, 2.05) is 12.1 Å². The van der Waals surface area contributed by atoms with Gasteiger partial charge in [0, 0.05) is 6.04 Å². The first kappa shape index (κ1) is 10.8. The molecule has 0 aliphatic heterocycles. The molecule has 3 nitrogen and oxygen atoms in total. The zero-order valence-electron chi connectivity index (χ0n) is 9.91. The van der Waals surface area contributed by atoms with Crippen molar-refractivity contribution in [2.24, 2.45) is 5.73 Å². The zero-order valence-corrected chi connectivity index (χ0v) is 9.91. The van der Waals surface area contributed by atoms with Gasteiger partial charge in [0.1, 0.15) is 5.54 Å². The Morgan fingerprint density at radius 2 is 2.12 bits per heavy atom. The van der Waals surface area contributed by atoms with E-state index in [0.717, 1.165) is 37.7 Å². The Morgan fingerprint density at radius 1 is 1.35 bits per heavy atom. The molecule has 1 unspecified atom stereocenters. The topological polar surface area (TPSA) is 55.1 Å². The summed E-state index contributed by atoms with van der Waals surface area (Å²) in [6, 6.07) is 8.67. The Balaban J connectivity index is 2.06. The number of fused-ring (bicyclic) bond motifs is 1. The first-order valence-electron chi connectivity index (χ1n) is 6.38. The van der Waals surface area contributed by atoms with Gasteiger partial charge in [-0.1, -0.05) is 24.3 Å². The van der Waals surface area contributed by atoms with Crippen LogP contribution in [0.1, 0.15) is 36.8 Å². The fourth-order valence-corrected chi connectivity index (χ4v) is 2.89. The third-order valence-corrected chi connectivity index (χ3v) is 3.92. The molecular formula is C14H18N2O. The molecule has 2 aliphatic rings. The monoisotopic (exact) mass is 230 g/mol. The molecule has 1 aromatic carbocycles. The third-order valence-electron chi connectivity index (χ3n) is 3.92. The molecule has 0 saturated heterocycles. The van der Waals surface area contributed by atoms with Crippen LogP contribution in [0.3, 0.4) is 0 Å². The highest BCUT2D eigenvalue weighted by Crippen LogP contribution is 2.38. The van der Waals surface area contributed by atoms with Gasteiger partial charge < -0.3 is 5.73 Å². The van der Waals surface area contributed by atoms with E-state index in [-0.39, 0.29) is 5.91 Å². The summed E-state index contributed by atoms with van der Waals surface area (Å²) < 4.78 is 0. The SMILES string of the molecule is NC(=O)C1(NC2CC2)CCCc2ccccc21. The minimum absolute atomic E-state index is 0.225. The number of carbonyl (C=O) groups excluding carboxylic acids is 1. The highest BCUT2D eigenvalue weighted by Gasteiger charge is 2.44. The molecule has 1 saturated carbocycles. The van der Waals surface area contributed by atoms with Gasteiger partial charge in [-0.2, -0.15) is 0 Å². The molecule has 3 N–H and O–H groups in total. The average molecular weight is 230 g/mol. The second-order valence-electron chi connectivity index (χ2n) is 5.20. The Bertz CT molecular complexity index is 453. The minimum atomic E-state index is -0.615. The van der Waals surface area contributed by atoms with E-state index in [0.29, 0.717) is 6.04 Å². The molecule has 3 rings (SSSR count). The van der Waals surface area contributed by atoms with Crippen LogP contribution in [0.25, 0.3) is 0 Å². The first-order chi connectivity index (χ1) is 8.22. The van der Waals surface area contributed by atoms with Gasteiger partial charge >= 0.3 is 0 Å². The zero-order chi connectivity index (χ0) is 11.9. The van der Waals surface area contributed by atoms with E-state index < -0.39 is 5.54 Å². The molecule has 90 valence electrons. The molecule has 0 bridgehead atoms. The highest BCUT2D eigenvalue weighted by molar-refractivity contribution is 5.87. The number of rotatable bonds is 3. The number of aryl methyl sites for hydroxylation is 1. The molecular weight excluding hydrogens is 212 g/mol. The van der Waals surface area contributed by atoms with Crippen molar-refractivity contribution in [3.8, 4) is 0 Å². The number of hydrogen-bond donors (Lipinski definition) is 2. The summed E-state index contributed by atoms with van der Waals surface area (Å²) in [5.74, 6) is -0.225. The molecule has 3 heteroatoms. The Morgan fingerprint density at radius 3 is 2.82 bits per heavy atom. The van der Waals surface area contributed by atoms with Crippen LogP contribution in [0.2, 0.25) is 0 Å². The van der Waals surface area contributed by atoms with Gasteiger partial charge in [0.25, 0.3) is 0 Å². The molecule has 17 heavy (non-hydrogen) atoms. The number of hydrogen-bond acceptors (Lipinski definition) is 2. The van der Waals surface area contributed by atoms with Gasteiger partial charge in [-0.25, -0.2) is 0 Å². The van der Waals surface area contributed by atoms with Crippen LogP contribution in [0.4, 0.5) is 0 Å². The summed E-state index contributed by atoms with van der Waals surface area (Å²) >= 11 is 0. The van der Waals surface area contributed by atoms with Gasteiger partial charge in [0.2, 0.25) is 5.91 Å². The molecule has 0 heterocycles. The molecule has 1 amide bonds. The van der Waals surface area contributed by atoms with Crippen LogP contribution in [0.5, 0.6) is 0 Å². The standard InChI is InChI=1S/C14H18N2O/c15-13(17)14(16-11-7-8-11)9-3-5-10-4-1-2-6-12(10)14/h1-2,4,6,11,16H,3,5,7-9H2,(H2,15,17). The molecule has 2 aliphatic carbocycles. The predicted octanol–water partition coefficient (Wildman–Crippen LogP) is 1.46.